The van der Waals surface area contributed by atoms with Gasteiger partial charge in [0.25, 0.3) is 0 Å². The lowest BCUT2D eigenvalue weighted by atomic mass is 9.95. The Kier molecular flexibility index (Phi) is 10.5. The highest BCUT2D eigenvalue weighted by Crippen LogP contribution is 2.25. The van der Waals surface area contributed by atoms with Crippen LogP contribution in [0.15, 0.2) is 10.2 Å². The van der Waals surface area contributed by atoms with Gasteiger partial charge in [-0.3, -0.25) is 0 Å². The summed E-state index contributed by atoms with van der Waals surface area (Å²) in [4.78, 5) is 0. The number of rotatable bonds is 12. The molecule has 0 aromatic carbocycles. The van der Waals surface area contributed by atoms with Crippen molar-refractivity contribution in [3.8, 4) is 12.1 Å². The monoisotopic (exact) mass is 304 g/mol. The Labute approximate surface area is 136 Å². The van der Waals surface area contributed by atoms with Gasteiger partial charge in [-0.15, -0.1) is 0 Å². The highest BCUT2D eigenvalue weighted by atomic mass is 15.2. The molecule has 0 radical (unpaired) electrons. The van der Waals surface area contributed by atoms with E-state index in [-0.39, 0.29) is 0 Å². The number of nitriles is 2. The molecule has 4 heteroatoms. The minimum atomic E-state index is -0.796. The zero-order valence-electron chi connectivity index (χ0n) is 14.9. The van der Waals surface area contributed by atoms with Gasteiger partial charge < -0.3 is 0 Å². The van der Waals surface area contributed by atoms with E-state index in [1.54, 1.807) is 0 Å². The second kappa shape index (κ2) is 11.2. The van der Waals surface area contributed by atoms with Gasteiger partial charge in [0.15, 0.2) is 11.1 Å². The Morgan fingerprint density at radius 1 is 0.682 bits per heavy atom. The first kappa shape index (κ1) is 20.6. The molecular weight excluding hydrogens is 272 g/mol. The van der Waals surface area contributed by atoms with Crippen LogP contribution >= 0.6 is 0 Å². The molecule has 0 saturated carbocycles. The number of azo groups is 1. The molecule has 0 heterocycles. The summed E-state index contributed by atoms with van der Waals surface area (Å²) in [5.74, 6) is 0. The van der Waals surface area contributed by atoms with Crippen molar-refractivity contribution >= 4 is 0 Å². The zero-order valence-corrected chi connectivity index (χ0v) is 14.9. The van der Waals surface area contributed by atoms with Crippen LogP contribution in [0.4, 0.5) is 0 Å². The predicted molar refractivity (Wildman–Crippen MR) is 90.4 cm³/mol. The molecule has 0 aliphatic rings. The van der Waals surface area contributed by atoms with E-state index in [4.69, 9.17) is 0 Å². The summed E-state index contributed by atoms with van der Waals surface area (Å²) in [5.41, 5.74) is -1.59. The summed E-state index contributed by atoms with van der Waals surface area (Å²) < 4.78 is 0. The molecule has 0 N–H and O–H groups in total. The molecule has 0 amide bonds. The third kappa shape index (κ3) is 8.78. The molecule has 0 aliphatic carbocycles. The van der Waals surface area contributed by atoms with Crippen LogP contribution in [0.25, 0.3) is 0 Å². The average molecular weight is 304 g/mol. The van der Waals surface area contributed by atoms with E-state index in [1.807, 2.05) is 13.8 Å². The smallest absolute Gasteiger partial charge is 0.164 e. The minimum Gasteiger partial charge on any atom is -0.196 e. The molecule has 2 atom stereocenters. The maximum atomic E-state index is 9.37. The fourth-order valence-corrected chi connectivity index (χ4v) is 2.27. The van der Waals surface area contributed by atoms with Crippen molar-refractivity contribution in [2.45, 2.75) is 103 Å². The van der Waals surface area contributed by atoms with E-state index in [0.29, 0.717) is 12.8 Å². The van der Waals surface area contributed by atoms with Gasteiger partial charge in [-0.2, -0.15) is 20.8 Å². The molecule has 0 bridgehead atoms. The van der Waals surface area contributed by atoms with Crippen LogP contribution in [0.3, 0.4) is 0 Å². The molecular formula is C18H32N4. The molecule has 4 nitrogen and oxygen atoms in total. The van der Waals surface area contributed by atoms with Crippen molar-refractivity contribution in [3.05, 3.63) is 0 Å². The van der Waals surface area contributed by atoms with Crippen molar-refractivity contribution in [3.63, 3.8) is 0 Å². The van der Waals surface area contributed by atoms with E-state index in [0.717, 1.165) is 25.7 Å². The normalized spacial score (nSPS) is 16.6. The van der Waals surface area contributed by atoms with Crippen molar-refractivity contribution in [1.82, 2.24) is 0 Å². The predicted octanol–water partition coefficient (Wildman–Crippen LogP) is 5.94. The summed E-state index contributed by atoms with van der Waals surface area (Å²) in [6, 6.07) is 4.52. The highest BCUT2D eigenvalue weighted by molar-refractivity contribution is 5.07. The van der Waals surface area contributed by atoms with E-state index >= 15 is 0 Å². The van der Waals surface area contributed by atoms with Gasteiger partial charge in [0.05, 0.1) is 12.1 Å². The quantitative estimate of drug-likeness (QED) is 0.330. The molecule has 0 aliphatic heterocycles. The number of nitrogens with zero attached hydrogens (tertiary/aromatic N) is 4. The first-order valence-corrected chi connectivity index (χ1v) is 8.72. The first-order valence-electron chi connectivity index (χ1n) is 8.72. The first-order chi connectivity index (χ1) is 10.4. The Hall–Kier alpha value is -1.42. The Bertz CT molecular complexity index is 366. The highest BCUT2D eigenvalue weighted by Gasteiger charge is 2.27. The fourth-order valence-electron chi connectivity index (χ4n) is 2.27. The SMILES string of the molecule is CCCCCCC(C)(C#N)N=NC(C)(C#N)CCCCCC. The van der Waals surface area contributed by atoms with Crippen LogP contribution in [-0.2, 0) is 0 Å². The van der Waals surface area contributed by atoms with Gasteiger partial charge in [0, 0.05) is 0 Å². The summed E-state index contributed by atoms with van der Waals surface area (Å²) in [6.45, 7) is 7.97. The topological polar surface area (TPSA) is 72.3 Å². The van der Waals surface area contributed by atoms with Crippen LogP contribution < -0.4 is 0 Å². The average Bonchev–Trinajstić information content (AvgIpc) is 2.54. The second-order valence-electron chi connectivity index (χ2n) is 6.59. The second-order valence-corrected chi connectivity index (χ2v) is 6.59. The lowest BCUT2D eigenvalue weighted by Gasteiger charge is -2.19. The Balaban J connectivity index is 4.56. The van der Waals surface area contributed by atoms with Crippen molar-refractivity contribution in [1.29, 1.82) is 10.5 Å². The molecule has 0 aromatic heterocycles. The summed E-state index contributed by atoms with van der Waals surface area (Å²) in [6.07, 6.45) is 10.4. The summed E-state index contributed by atoms with van der Waals surface area (Å²) in [7, 11) is 0. The number of hydrogen-bond acceptors (Lipinski definition) is 4. The zero-order chi connectivity index (χ0) is 16.9. The summed E-state index contributed by atoms with van der Waals surface area (Å²) >= 11 is 0. The van der Waals surface area contributed by atoms with E-state index in [2.05, 4.69) is 36.2 Å². The fraction of sp³-hybridized carbons (Fsp3) is 0.889. The molecule has 0 rings (SSSR count). The number of unbranched alkanes of at least 4 members (excludes halogenated alkanes) is 6. The third-order valence-electron chi connectivity index (χ3n) is 4.01. The molecule has 124 valence electrons. The van der Waals surface area contributed by atoms with Gasteiger partial charge in [0.2, 0.25) is 0 Å². The molecule has 0 fully saturated rings. The molecule has 22 heavy (non-hydrogen) atoms. The third-order valence-corrected chi connectivity index (χ3v) is 4.01. The van der Waals surface area contributed by atoms with Gasteiger partial charge in [-0.1, -0.05) is 52.4 Å². The van der Waals surface area contributed by atoms with E-state index < -0.39 is 11.1 Å². The molecule has 0 saturated heterocycles. The van der Waals surface area contributed by atoms with E-state index in [1.165, 1.54) is 25.7 Å². The molecule has 0 spiro atoms. The number of hydrogen-bond donors (Lipinski definition) is 0. The van der Waals surface area contributed by atoms with Crippen molar-refractivity contribution in [2.24, 2.45) is 10.2 Å². The maximum Gasteiger partial charge on any atom is 0.164 e. The molecule has 2 unspecified atom stereocenters. The Morgan fingerprint density at radius 2 is 1.05 bits per heavy atom. The van der Waals surface area contributed by atoms with Crippen molar-refractivity contribution in [2.75, 3.05) is 0 Å². The van der Waals surface area contributed by atoms with Gasteiger partial charge in [-0.05, 0) is 39.5 Å². The molecule has 0 aromatic rings. The van der Waals surface area contributed by atoms with E-state index in [9.17, 15) is 10.5 Å². The van der Waals surface area contributed by atoms with Crippen LogP contribution in [0.2, 0.25) is 0 Å². The Morgan fingerprint density at radius 3 is 1.32 bits per heavy atom. The van der Waals surface area contributed by atoms with Crippen molar-refractivity contribution < 1.29 is 0 Å². The maximum absolute atomic E-state index is 9.37. The minimum absolute atomic E-state index is 0.713. The van der Waals surface area contributed by atoms with Gasteiger partial charge in [0.1, 0.15) is 0 Å². The van der Waals surface area contributed by atoms with Crippen LogP contribution in [0, 0.1) is 22.7 Å². The van der Waals surface area contributed by atoms with Crippen LogP contribution in [-0.4, -0.2) is 11.1 Å². The lowest BCUT2D eigenvalue weighted by Crippen LogP contribution is -2.23. The standard InChI is InChI=1S/C18H32N4/c1-5-7-9-11-13-17(3,15-19)21-22-18(4,16-20)14-12-10-8-6-2/h5-14H2,1-4H3. The van der Waals surface area contributed by atoms with Crippen LogP contribution in [0.5, 0.6) is 0 Å². The largest absolute Gasteiger partial charge is 0.196 e. The van der Waals surface area contributed by atoms with Crippen LogP contribution in [0.1, 0.15) is 91.9 Å². The van der Waals surface area contributed by atoms with Gasteiger partial charge >= 0.3 is 0 Å². The summed E-state index contributed by atoms with van der Waals surface area (Å²) in [5, 5.41) is 27.3. The van der Waals surface area contributed by atoms with Gasteiger partial charge in [-0.25, -0.2) is 0 Å². The lowest BCUT2D eigenvalue weighted by molar-refractivity contribution is 0.425.